The van der Waals surface area contributed by atoms with E-state index in [0.717, 1.165) is 12.1 Å². The fourth-order valence-electron chi connectivity index (χ4n) is 4.30. The second-order valence-corrected chi connectivity index (χ2v) is 9.58. The summed E-state index contributed by atoms with van der Waals surface area (Å²) in [5.41, 5.74) is 0.220. The highest BCUT2D eigenvalue weighted by Gasteiger charge is 2.22. The molecule has 9 nitrogen and oxygen atoms in total. The molecule has 1 aliphatic rings. The first-order valence-corrected chi connectivity index (χ1v) is 13.3. The van der Waals surface area contributed by atoms with Gasteiger partial charge in [-0.1, -0.05) is 17.7 Å². The fourth-order valence-corrected chi connectivity index (χ4v) is 4.46. The number of hydrogen-bond donors (Lipinski definition) is 2. The SMILES string of the molecule is O=C(/C=C/CN1CCC(OC(F)F)CC1)Nc1cc2c(Nc3ccc(F)c(Cl)c3F)ncnc2cc1OCCOC(F)F. The molecule has 232 valence electrons. The number of aromatic nitrogens is 2. The summed E-state index contributed by atoms with van der Waals surface area (Å²) < 4.78 is 92.1. The maximum absolute atomic E-state index is 14.5. The van der Waals surface area contributed by atoms with Crippen LogP contribution in [0.2, 0.25) is 5.02 Å². The van der Waals surface area contributed by atoms with Crippen LogP contribution in [0.4, 0.5) is 43.5 Å². The number of anilines is 3. The molecule has 1 amide bonds. The number of nitrogens with zero attached hydrogens (tertiary/aromatic N) is 3. The summed E-state index contributed by atoms with van der Waals surface area (Å²) in [4.78, 5) is 23.0. The third kappa shape index (κ3) is 9.16. The Kier molecular flexibility index (Phi) is 11.4. The zero-order valence-electron chi connectivity index (χ0n) is 22.3. The maximum Gasteiger partial charge on any atom is 0.345 e. The third-order valence-corrected chi connectivity index (χ3v) is 6.68. The van der Waals surface area contributed by atoms with Crippen molar-refractivity contribution < 1.29 is 45.3 Å². The summed E-state index contributed by atoms with van der Waals surface area (Å²) in [5.74, 6) is -2.39. The molecule has 3 aromatic rings. The van der Waals surface area contributed by atoms with Gasteiger partial charge in [-0.05, 0) is 31.0 Å². The van der Waals surface area contributed by atoms with Gasteiger partial charge in [-0.15, -0.1) is 0 Å². The first-order valence-electron chi connectivity index (χ1n) is 13.0. The topological polar surface area (TPSA) is 97.8 Å². The molecule has 2 aromatic carbocycles. The lowest BCUT2D eigenvalue weighted by Gasteiger charge is -2.30. The number of alkyl halides is 4. The van der Waals surface area contributed by atoms with Crippen LogP contribution in [0.25, 0.3) is 10.9 Å². The number of hydrogen-bond acceptors (Lipinski definition) is 8. The van der Waals surface area contributed by atoms with E-state index in [2.05, 4.69) is 30.1 Å². The molecular weight excluding hydrogens is 608 g/mol. The highest BCUT2D eigenvalue weighted by atomic mass is 35.5. The van der Waals surface area contributed by atoms with Crippen molar-refractivity contribution in [3.63, 3.8) is 0 Å². The molecule has 43 heavy (non-hydrogen) atoms. The maximum atomic E-state index is 14.5. The van der Waals surface area contributed by atoms with Crippen LogP contribution in [-0.4, -0.2) is 73.0 Å². The first kappa shape index (κ1) is 32.3. The number of nitrogens with one attached hydrogen (secondary N) is 2. The zero-order valence-corrected chi connectivity index (χ0v) is 23.1. The van der Waals surface area contributed by atoms with Gasteiger partial charge in [0.25, 0.3) is 0 Å². The van der Waals surface area contributed by atoms with Crippen molar-refractivity contribution in [3.8, 4) is 5.75 Å². The summed E-state index contributed by atoms with van der Waals surface area (Å²) in [6, 6.07) is 4.96. The molecular formula is C27H26ClF6N5O4. The van der Waals surface area contributed by atoms with Crippen molar-refractivity contribution in [1.29, 1.82) is 0 Å². The van der Waals surface area contributed by atoms with E-state index < -0.39 is 48.5 Å². The van der Waals surface area contributed by atoms with Gasteiger partial charge in [0.1, 0.15) is 35.3 Å². The van der Waals surface area contributed by atoms with E-state index >= 15 is 0 Å². The number of amides is 1. The number of carbonyl (C=O) groups is 1. The second-order valence-electron chi connectivity index (χ2n) is 9.20. The lowest BCUT2D eigenvalue weighted by Crippen LogP contribution is -2.37. The number of likely N-dealkylation sites (tertiary alicyclic amines) is 1. The molecule has 0 spiro atoms. The van der Waals surface area contributed by atoms with E-state index in [9.17, 15) is 31.1 Å². The van der Waals surface area contributed by atoms with Crippen molar-refractivity contribution in [2.24, 2.45) is 0 Å². The Morgan fingerprint density at radius 1 is 1.07 bits per heavy atom. The van der Waals surface area contributed by atoms with Gasteiger partial charge in [0.15, 0.2) is 5.82 Å². The van der Waals surface area contributed by atoms with E-state index in [4.69, 9.17) is 16.3 Å². The average Bonchev–Trinajstić information content (AvgIpc) is 2.96. The van der Waals surface area contributed by atoms with E-state index in [-0.39, 0.29) is 35.1 Å². The van der Waals surface area contributed by atoms with E-state index in [1.807, 2.05) is 4.90 Å². The van der Waals surface area contributed by atoms with Gasteiger partial charge in [-0.25, -0.2) is 18.7 Å². The number of fused-ring (bicyclic) bond motifs is 1. The van der Waals surface area contributed by atoms with Crippen LogP contribution in [0, 0.1) is 11.6 Å². The summed E-state index contributed by atoms with van der Waals surface area (Å²) in [6.45, 7) is -5.12. The second kappa shape index (κ2) is 15.2. The minimum Gasteiger partial charge on any atom is -0.489 e. The predicted molar refractivity (Wildman–Crippen MR) is 146 cm³/mol. The number of benzene rings is 2. The van der Waals surface area contributed by atoms with Gasteiger partial charge < -0.3 is 24.8 Å². The lowest BCUT2D eigenvalue weighted by molar-refractivity contribution is -0.172. The molecule has 1 aliphatic heterocycles. The summed E-state index contributed by atoms with van der Waals surface area (Å²) in [5, 5.41) is 4.96. The molecule has 0 aliphatic carbocycles. The van der Waals surface area contributed by atoms with Crippen LogP contribution in [0.15, 0.2) is 42.7 Å². The molecule has 0 atom stereocenters. The van der Waals surface area contributed by atoms with Gasteiger partial charge in [0, 0.05) is 37.2 Å². The predicted octanol–water partition coefficient (Wildman–Crippen LogP) is 6.12. The Bertz CT molecular complexity index is 1440. The quantitative estimate of drug-likeness (QED) is 0.101. The lowest BCUT2D eigenvalue weighted by atomic mass is 10.1. The zero-order chi connectivity index (χ0) is 30.9. The monoisotopic (exact) mass is 633 g/mol. The van der Waals surface area contributed by atoms with Crippen molar-refractivity contribution in [2.45, 2.75) is 32.2 Å². The minimum absolute atomic E-state index is 0.0777. The van der Waals surface area contributed by atoms with Crippen LogP contribution in [0.3, 0.4) is 0 Å². The molecule has 0 bridgehead atoms. The van der Waals surface area contributed by atoms with Gasteiger partial charge in [-0.3, -0.25) is 9.69 Å². The molecule has 1 fully saturated rings. The number of carbonyl (C=O) groups excluding carboxylic acids is 1. The minimum atomic E-state index is -2.99. The molecule has 0 radical (unpaired) electrons. The van der Waals surface area contributed by atoms with Gasteiger partial charge in [-0.2, -0.15) is 17.6 Å². The van der Waals surface area contributed by atoms with Crippen molar-refractivity contribution in [3.05, 3.63) is 59.4 Å². The molecule has 16 heteroatoms. The van der Waals surface area contributed by atoms with Crippen LogP contribution >= 0.6 is 11.6 Å². The average molecular weight is 634 g/mol. The van der Waals surface area contributed by atoms with E-state index in [0.29, 0.717) is 37.9 Å². The van der Waals surface area contributed by atoms with Crippen LogP contribution in [-0.2, 0) is 14.3 Å². The van der Waals surface area contributed by atoms with Crippen molar-refractivity contribution in [2.75, 3.05) is 43.5 Å². The fraction of sp³-hybridized carbons (Fsp3) is 0.370. The summed E-state index contributed by atoms with van der Waals surface area (Å²) >= 11 is 5.68. The Balaban J connectivity index is 1.51. The Morgan fingerprint density at radius 3 is 2.56 bits per heavy atom. The van der Waals surface area contributed by atoms with Gasteiger partial charge >= 0.3 is 13.2 Å². The molecule has 1 aromatic heterocycles. The Labute approximate surface area is 246 Å². The standard InChI is InChI=1S/C27H26ClF6N5O4/c28-23-17(29)3-4-18(24(23)30)38-25-16-12-20(21(13-19(16)35-14-36-25)41-10-11-42-26(31)32)37-22(40)2-1-7-39-8-5-15(6-9-39)43-27(33)34/h1-4,12-15,26-27H,5-11H2,(H,37,40)(H,35,36,38)/b2-1+. The smallest absolute Gasteiger partial charge is 0.345 e. The highest BCUT2D eigenvalue weighted by molar-refractivity contribution is 6.31. The third-order valence-electron chi connectivity index (χ3n) is 6.33. The number of halogens is 7. The van der Waals surface area contributed by atoms with Crippen molar-refractivity contribution in [1.82, 2.24) is 14.9 Å². The molecule has 2 heterocycles. The number of piperidine rings is 1. The van der Waals surface area contributed by atoms with Crippen LogP contribution in [0.1, 0.15) is 12.8 Å². The van der Waals surface area contributed by atoms with E-state index in [1.165, 1.54) is 24.5 Å². The van der Waals surface area contributed by atoms with Crippen LogP contribution in [0.5, 0.6) is 5.75 Å². The molecule has 0 saturated carbocycles. The number of ether oxygens (including phenoxy) is 3. The van der Waals surface area contributed by atoms with Crippen molar-refractivity contribution >= 4 is 45.6 Å². The van der Waals surface area contributed by atoms with Crippen LogP contribution < -0.4 is 15.4 Å². The Morgan fingerprint density at radius 2 is 1.84 bits per heavy atom. The molecule has 0 unspecified atom stereocenters. The summed E-state index contributed by atoms with van der Waals surface area (Å²) in [6.07, 6.45) is 4.39. The van der Waals surface area contributed by atoms with Gasteiger partial charge in [0.05, 0.1) is 29.6 Å². The molecule has 4 rings (SSSR count). The highest BCUT2D eigenvalue weighted by Crippen LogP contribution is 2.35. The van der Waals surface area contributed by atoms with E-state index in [1.54, 1.807) is 6.08 Å². The normalized spacial score (nSPS) is 14.7. The first-order chi connectivity index (χ1) is 20.6. The molecule has 2 N–H and O–H groups in total. The molecule has 1 saturated heterocycles. The number of rotatable bonds is 13. The summed E-state index contributed by atoms with van der Waals surface area (Å²) in [7, 11) is 0. The largest absolute Gasteiger partial charge is 0.489 e. The van der Waals surface area contributed by atoms with Gasteiger partial charge in [0.2, 0.25) is 5.91 Å². The Hall–Kier alpha value is -3.66.